The van der Waals surface area contributed by atoms with E-state index in [2.05, 4.69) is 10.0 Å². The molecule has 0 fully saturated rings. The van der Waals surface area contributed by atoms with Crippen LogP contribution in [-0.2, 0) is 14.8 Å². The van der Waals surface area contributed by atoms with Gasteiger partial charge in [-0.1, -0.05) is 19.9 Å². The molecule has 0 atom stereocenters. The van der Waals surface area contributed by atoms with Crippen molar-refractivity contribution in [1.29, 1.82) is 0 Å². The zero-order valence-corrected chi connectivity index (χ0v) is 17.5. The molecule has 10 heteroatoms. The molecule has 0 bridgehead atoms. The van der Waals surface area contributed by atoms with Crippen molar-refractivity contribution in [3.8, 4) is 0 Å². The summed E-state index contributed by atoms with van der Waals surface area (Å²) in [5.74, 6) is -0.493. The van der Waals surface area contributed by atoms with E-state index in [1.165, 1.54) is 49.0 Å². The van der Waals surface area contributed by atoms with Gasteiger partial charge in [-0.25, -0.2) is 8.42 Å². The van der Waals surface area contributed by atoms with Gasteiger partial charge in [0.05, 0.1) is 26.8 Å². The number of anilines is 2. The van der Waals surface area contributed by atoms with Crippen molar-refractivity contribution in [3.63, 3.8) is 0 Å². The number of rotatable bonds is 7. The Balaban J connectivity index is 2.42. The summed E-state index contributed by atoms with van der Waals surface area (Å²) in [7, 11) is -4.01. The maximum Gasteiger partial charge on any atom is 0.274 e. The Morgan fingerprint density at radius 3 is 2.43 bits per heavy atom. The fourth-order valence-electron chi connectivity index (χ4n) is 2.36. The Morgan fingerprint density at radius 1 is 1.18 bits per heavy atom. The molecule has 28 heavy (non-hydrogen) atoms. The largest absolute Gasteiger partial charge is 0.325 e. The molecule has 1 amide bonds. The molecular weight excluding hydrogens is 402 g/mol. The van der Waals surface area contributed by atoms with Gasteiger partial charge < -0.3 is 5.32 Å². The molecule has 0 saturated carbocycles. The Hall–Kier alpha value is -2.59. The summed E-state index contributed by atoms with van der Waals surface area (Å²) >= 11 is 1.38. The Bertz CT molecular complexity index is 1020. The molecule has 0 saturated heterocycles. The van der Waals surface area contributed by atoms with E-state index in [9.17, 15) is 23.3 Å². The van der Waals surface area contributed by atoms with E-state index in [-0.39, 0.29) is 33.7 Å². The quantitative estimate of drug-likeness (QED) is 0.394. The molecule has 0 aromatic heterocycles. The van der Waals surface area contributed by atoms with Gasteiger partial charge in [-0.2, -0.15) is 0 Å². The number of carbonyl (C=O) groups is 1. The van der Waals surface area contributed by atoms with Crippen LogP contribution >= 0.6 is 11.8 Å². The third-order valence-electron chi connectivity index (χ3n) is 4.01. The molecule has 150 valence electrons. The number of nitrogens with one attached hydrogen (secondary N) is 2. The first-order valence-electron chi connectivity index (χ1n) is 8.32. The first-order chi connectivity index (χ1) is 13.1. The summed E-state index contributed by atoms with van der Waals surface area (Å²) in [5, 5.41) is 13.8. The molecule has 0 heterocycles. The average molecular weight is 424 g/mol. The van der Waals surface area contributed by atoms with Crippen LogP contribution in [0.25, 0.3) is 0 Å². The molecule has 0 aliphatic carbocycles. The zero-order valence-electron chi connectivity index (χ0n) is 15.8. The summed E-state index contributed by atoms with van der Waals surface area (Å²) in [6.07, 6.45) is 1.82. The van der Waals surface area contributed by atoms with Crippen LogP contribution in [0.3, 0.4) is 0 Å². The topological polar surface area (TPSA) is 118 Å². The van der Waals surface area contributed by atoms with Crippen molar-refractivity contribution in [1.82, 2.24) is 0 Å². The Labute approximate surface area is 167 Å². The molecule has 0 radical (unpaired) electrons. The van der Waals surface area contributed by atoms with E-state index >= 15 is 0 Å². The third kappa shape index (κ3) is 4.82. The van der Waals surface area contributed by atoms with Crippen molar-refractivity contribution in [2.75, 3.05) is 16.3 Å². The van der Waals surface area contributed by atoms with Crippen molar-refractivity contribution in [2.24, 2.45) is 5.92 Å². The maximum atomic E-state index is 12.8. The molecule has 8 nitrogen and oxygen atoms in total. The smallest absolute Gasteiger partial charge is 0.274 e. The minimum absolute atomic E-state index is 0.0599. The number of carbonyl (C=O) groups excluding carboxylic acids is 1. The lowest BCUT2D eigenvalue weighted by atomic mass is 10.2. The molecule has 2 aromatic rings. The van der Waals surface area contributed by atoms with Crippen LogP contribution in [0.5, 0.6) is 0 Å². The fourth-order valence-corrected chi connectivity index (χ4v) is 4.05. The summed E-state index contributed by atoms with van der Waals surface area (Å²) in [4.78, 5) is 23.2. The third-order valence-corrected chi connectivity index (χ3v) is 6.17. The first-order valence-corrected chi connectivity index (χ1v) is 11.0. The number of nitro groups is 1. The second-order valence-electron chi connectivity index (χ2n) is 6.32. The normalized spacial score (nSPS) is 11.3. The van der Waals surface area contributed by atoms with E-state index in [1.54, 1.807) is 19.9 Å². The second-order valence-corrected chi connectivity index (χ2v) is 8.85. The predicted octanol–water partition coefficient (Wildman–Crippen LogP) is 4.02. The highest BCUT2D eigenvalue weighted by atomic mass is 32.2. The molecule has 0 unspecified atom stereocenters. The monoisotopic (exact) mass is 423 g/mol. The van der Waals surface area contributed by atoms with Crippen molar-refractivity contribution in [3.05, 3.63) is 52.1 Å². The van der Waals surface area contributed by atoms with Gasteiger partial charge >= 0.3 is 0 Å². The van der Waals surface area contributed by atoms with Gasteiger partial charge in [0.15, 0.2) is 0 Å². The number of amides is 1. The highest BCUT2D eigenvalue weighted by molar-refractivity contribution is 7.98. The summed E-state index contributed by atoms with van der Waals surface area (Å²) < 4.78 is 28.0. The number of hydrogen-bond donors (Lipinski definition) is 2. The number of nitrogens with zero attached hydrogens (tertiary/aromatic N) is 1. The summed E-state index contributed by atoms with van der Waals surface area (Å²) in [6, 6.07) is 8.58. The first kappa shape index (κ1) is 21.7. The standard InChI is InChI=1S/C18H21N3O5S2/c1-11(2)18(22)19-15-10-13(8-9-17(15)27-4)28(25,26)20-14-6-5-7-16(12(14)3)21(23)24/h5-11,20H,1-4H3,(H,19,22). The zero-order chi connectivity index (χ0) is 21.1. The SMILES string of the molecule is CSc1ccc(S(=O)(=O)Nc2cccc([N+](=O)[O-])c2C)cc1NC(=O)C(C)C. The fraction of sp³-hybridized carbons (Fsp3) is 0.278. The second kappa shape index (κ2) is 8.61. The minimum Gasteiger partial charge on any atom is -0.325 e. The van der Waals surface area contributed by atoms with Crippen LogP contribution in [0.1, 0.15) is 19.4 Å². The van der Waals surface area contributed by atoms with E-state index in [0.29, 0.717) is 5.69 Å². The summed E-state index contributed by atoms with van der Waals surface area (Å²) in [5.41, 5.74) is 0.550. The lowest BCUT2D eigenvalue weighted by molar-refractivity contribution is -0.385. The minimum atomic E-state index is -4.01. The van der Waals surface area contributed by atoms with Gasteiger partial charge in [0.2, 0.25) is 5.91 Å². The Morgan fingerprint density at radius 2 is 1.86 bits per heavy atom. The van der Waals surface area contributed by atoms with Gasteiger partial charge in [-0.15, -0.1) is 11.8 Å². The van der Waals surface area contributed by atoms with Crippen LogP contribution in [-0.4, -0.2) is 25.5 Å². The predicted molar refractivity (Wildman–Crippen MR) is 110 cm³/mol. The van der Waals surface area contributed by atoms with Crippen LogP contribution in [0, 0.1) is 23.0 Å². The molecule has 2 N–H and O–H groups in total. The highest BCUT2D eigenvalue weighted by Gasteiger charge is 2.21. The van der Waals surface area contributed by atoms with Gasteiger partial charge in [0, 0.05) is 16.9 Å². The van der Waals surface area contributed by atoms with E-state index in [4.69, 9.17) is 0 Å². The Kier molecular flexibility index (Phi) is 6.68. The number of sulfonamides is 1. The molecule has 0 aliphatic rings. The van der Waals surface area contributed by atoms with Crippen molar-refractivity contribution in [2.45, 2.75) is 30.6 Å². The lowest BCUT2D eigenvalue weighted by Gasteiger charge is -2.15. The molecule has 0 spiro atoms. The lowest BCUT2D eigenvalue weighted by Crippen LogP contribution is -2.19. The van der Waals surface area contributed by atoms with E-state index in [0.717, 1.165) is 4.90 Å². The molecular formula is C18H21N3O5S2. The maximum absolute atomic E-state index is 12.8. The number of thioether (sulfide) groups is 1. The molecule has 0 aliphatic heterocycles. The molecule has 2 rings (SSSR count). The van der Waals surface area contributed by atoms with Gasteiger partial charge in [0.25, 0.3) is 15.7 Å². The van der Waals surface area contributed by atoms with E-state index in [1.807, 2.05) is 6.26 Å². The van der Waals surface area contributed by atoms with Crippen molar-refractivity contribution >= 4 is 44.8 Å². The highest BCUT2D eigenvalue weighted by Crippen LogP contribution is 2.31. The van der Waals surface area contributed by atoms with Crippen LogP contribution in [0.4, 0.5) is 17.1 Å². The summed E-state index contributed by atoms with van der Waals surface area (Å²) in [6.45, 7) is 4.95. The number of benzene rings is 2. The van der Waals surface area contributed by atoms with Crippen molar-refractivity contribution < 1.29 is 18.1 Å². The molecule has 2 aromatic carbocycles. The number of nitro benzene ring substituents is 1. The number of hydrogen-bond acceptors (Lipinski definition) is 6. The van der Waals surface area contributed by atoms with Crippen LogP contribution in [0.15, 0.2) is 46.2 Å². The van der Waals surface area contributed by atoms with Crippen LogP contribution < -0.4 is 10.0 Å². The van der Waals surface area contributed by atoms with Gasteiger partial charge in [-0.3, -0.25) is 19.6 Å². The van der Waals surface area contributed by atoms with Gasteiger partial charge in [0.1, 0.15) is 0 Å². The van der Waals surface area contributed by atoms with Crippen LogP contribution in [0.2, 0.25) is 0 Å². The van der Waals surface area contributed by atoms with Gasteiger partial charge in [-0.05, 0) is 37.4 Å². The van der Waals surface area contributed by atoms with E-state index < -0.39 is 14.9 Å². The average Bonchev–Trinajstić information content (AvgIpc) is 2.62.